The van der Waals surface area contributed by atoms with Gasteiger partial charge in [0.1, 0.15) is 11.9 Å². The number of amides is 2. The van der Waals surface area contributed by atoms with Gasteiger partial charge in [0.15, 0.2) is 0 Å². The van der Waals surface area contributed by atoms with E-state index in [0.29, 0.717) is 0 Å². The van der Waals surface area contributed by atoms with Crippen LogP contribution in [-0.4, -0.2) is 36.2 Å². The summed E-state index contributed by atoms with van der Waals surface area (Å²) in [6.45, 7) is 7.93. The van der Waals surface area contributed by atoms with Gasteiger partial charge in [-0.3, -0.25) is 9.59 Å². The zero-order valence-corrected chi connectivity index (χ0v) is 17.6. The molecule has 0 aliphatic carbocycles. The van der Waals surface area contributed by atoms with Crippen molar-refractivity contribution >= 4 is 24.4 Å². The average molecular weight is 412 g/mol. The van der Waals surface area contributed by atoms with Crippen molar-refractivity contribution in [2.45, 2.75) is 51.4 Å². The minimum Gasteiger partial charge on any atom is -0.399 e. The van der Waals surface area contributed by atoms with Crippen LogP contribution in [0.25, 0.3) is 0 Å². The van der Waals surface area contributed by atoms with Crippen molar-refractivity contribution in [3.05, 3.63) is 65.5 Å². The Kier molecular flexibility index (Phi) is 6.01. The van der Waals surface area contributed by atoms with Crippen molar-refractivity contribution in [3.63, 3.8) is 0 Å². The van der Waals surface area contributed by atoms with Gasteiger partial charge in [-0.2, -0.15) is 0 Å². The highest BCUT2D eigenvalue weighted by atomic mass is 19.1. The van der Waals surface area contributed by atoms with E-state index in [1.807, 2.05) is 52.0 Å². The maximum Gasteiger partial charge on any atom is 0.494 e. The van der Waals surface area contributed by atoms with Crippen molar-refractivity contribution < 1.29 is 23.3 Å². The van der Waals surface area contributed by atoms with Crippen LogP contribution in [0, 0.1) is 5.82 Å². The first-order valence-electron chi connectivity index (χ1n) is 9.79. The van der Waals surface area contributed by atoms with E-state index in [-0.39, 0.29) is 12.0 Å². The first-order chi connectivity index (χ1) is 14.0. The van der Waals surface area contributed by atoms with Gasteiger partial charge < -0.3 is 20.4 Å². The van der Waals surface area contributed by atoms with E-state index in [1.54, 1.807) is 6.07 Å². The van der Waals surface area contributed by atoms with Crippen molar-refractivity contribution in [2.75, 3.05) is 0 Å². The molecule has 8 heteroatoms. The summed E-state index contributed by atoms with van der Waals surface area (Å²) in [5.41, 5.74) is 6.07. The fraction of sp³-hybridized carbons (Fsp3) is 0.364. The Morgan fingerprint density at radius 3 is 2.13 bits per heavy atom. The zero-order chi connectivity index (χ0) is 22.1. The monoisotopic (exact) mass is 412 g/mol. The molecule has 6 nitrogen and oxygen atoms in total. The molecule has 2 aromatic carbocycles. The third-order valence-corrected chi connectivity index (χ3v) is 5.71. The van der Waals surface area contributed by atoms with Crippen LogP contribution in [0.5, 0.6) is 0 Å². The molecule has 1 aliphatic heterocycles. The van der Waals surface area contributed by atoms with E-state index in [9.17, 15) is 14.0 Å². The molecule has 30 heavy (non-hydrogen) atoms. The number of halogens is 1. The predicted molar refractivity (Wildman–Crippen MR) is 113 cm³/mol. The van der Waals surface area contributed by atoms with Gasteiger partial charge in [-0.15, -0.1) is 0 Å². The molecule has 0 aromatic heterocycles. The van der Waals surface area contributed by atoms with E-state index in [2.05, 4.69) is 5.32 Å². The molecule has 0 spiro atoms. The standard InChI is InChI=1S/C22H26BFN2O4/c1-21(2)22(3,4)30-23(29-21)15-11-9-14(10-12-15)13-18(19(25)27)26-20(28)16-7-5-6-8-17(16)24/h5-12,18H,13H2,1-4H3,(H2,25,27)(H,26,28)/t18-/m1/s1. The molecule has 2 amide bonds. The largest absolute Gasteiger partial charge is 0.494 e. The normalized spacial score (nSPS) is 18.1. The molecule has 2 aromatic rings. The number of hydrogen-bond acceptors (Lipinski definition) is 4. The van der Waals surface area contributed by atoms with Gasteiger partial charge in [0, 0.05) is 6.42 Å². The van der Waals surface area contributed by atoms with Gasteiger partial charge in [0.25, 0.3) is 5.91 Å². The fourth-order valence-electron chi connectivity index (χ4n) is 3.13. The van der Waals surface area contributed by atoms with Crippen LogP contribution in [0.15, 0.2) is 48.5 Å². The third kappa shape index (κ3) is 4.55. The summed E-state index contributed by atoms with van der Waals surface area (Å²) >= 11 is 0. The lowest BCUT2D eigenvalue weighted by molar-refractivity contribution is -0.119. The Morgan fingerprint density at radius 1 is 1.03 bits per heavy atom. The average Bonchev–Trinajstić information content (AvgIpc) is 2.89. The van der Waals surface area contributed by atoms with Gasteiger partial charge >= 0.3 is 7.12 Å². The molecule has 0 unspecified atom stereocenters. The van der Waals surface area contributed by atoms with Gasteiger partial charge in [-0.1, -0.05) is 36.4 Å². The second-order valence-corrected chi connectivity index (χ2v) is 8.44. The number of primary amides is 1. The SMILES string of the molecule is CC1(C)OB(c2ccc(C[C@@H](NC(=O)c3ccccc3F)C(N)=O)cc2)OC1(C)C. The van der Waals surface area contributed by atoms with Crippen molar-refractivity contribution in [3.8, 4) is 0 Å². The molecule has 0 saturated carbocycles. The van der Waals surface area contributed by atoms with Crippen LogP contribution >= 0.6 is 0 Å². The van der Waals surface area contributed by atoms with Gasteiger partial charge in [-0.05, 0) is 50.9 Å². The topological polar surface area (TPSA) is 90.6 Å². The predicted octanol–water partition coefficient (Wildman–Crippen LogP) is 1.95. The number of hydrogen-bond donors (Lipinski definition) is 2. The molecule has 0 radical (unpaired) electrons. The molecular formula is C22H26BFN2O4. The minimum absolute atomic E-state index is 0.139. The lowest BCUT2D eigenvalue weighted by Gasteiger charge is -2.32. The van der Waals surface area contributed by atoms with E-state index in [1.165, 1.54) is 18.2 Å². The minimum atomic E-state index is -0.972. The van der Waals surface area contributed by atoms with Gasteiger partial charge in [-0.25, -0.2) is 4.39 Å². The maximum absolute atomic E-state index is 13.8. The Morgan fingerprint density at radius 2 is 1.60 bits per heavy atom. The molecule has 1 saturated heterocycles. The summed E-state index contributed by atoms with van der Waals surface area (Å²) in [7, 11) is -0.489. The number of benzene rings is 2. The van der Waals surface area contributed by atoms with Crippen LogP contribution in [0.4, 0.5) is 4.39 Å². The number of rotatable bonds is 6. The molecule has 3 N–H and O–H groups in total. The molecule has 1 aliphatic rings. The Balaban J connectivity index is 1.69. The summed E-state index contributed by atoms with van der Waals surface area (Å²) < 4.78 is 25.9. The number of nitrogens with one attached hydrogen (secondary N) is 1. The number of carbonyl (C=O) groups is 2. The fourth-order valence-corrected chi connectivity index (χ4v) is 3.13. The second-order valence-electron chi connectivity index (χ2n) is 8.44. The highest BCUT2D eigenvalue weighted by Gasteiger charge is 2.51. The van der Waals surface area contributed by atoms with E-state index >= 15 is 0 Å². The smallest absolute Gasteiger partial charge is 0.399 e. The van der Waals surface area contributed by atoms with Gasteiger partial charge in [0.05, 0.1) is 16.8 Å². The Bertz CT molecular complexity index is 930. The van der Waals surface area contributed by atoms with E-state index < -0.39 is 42.0 Å². The molecule has 1 heterocycles. The van der Waals surface area contributed by atoms with Crippen LogP contribution in [0.1, 0.15) is 43.6 Å². The van der Waals surface area contributed by atoms with Crippen molar-refractivity contribution in [1.82, 2.24) is 5.32 Å². The molecule has 0 bridgehead atoms. The van der Waals surface area contributed by atoms with Crippen LogP contribution in [0.3, 0.4) is 0 Å². The summed E-state index contributed by atoms with van der Waals surface area (Å²) in [6.07, 6.45) is 0.180. The van der Waals surface area contributed by atoms with Crippen LogP contribution in [-0.2, 0) is 20.5 Å². The highest BCUT2D eigenvalue weighted by Crippen LogP contribution is 2.36. The highest BCUT2D eigenvalue weighted by molar-refractivity contribution is 6.62. The van der Waals surface area contributed by atoms with Crippen molar-refractivity contribution in [1.29, 1.82) is 0 Å². The van der Waals surface area contributed by atoms with Crippen LogP contribution in [0.2, 0.25) is 0 Å². The Hall–Kier alpha value is -2.71. The second kappa shape index (κ2) is 8.20. The summed E-state index contributed by atoms with van der Waals surface area (Å²) in [6, 6.07) is 12.0. The quantitative estimate of drug-likeness (QED) is 0.710. The van der Waals surface area contributed by atoms with E-state index in [4.69, 9.17) is 15.0 Å². The molecular weight excluding hydrogens is 386 g/mol. The molecule has 158 valence electrons. The Labute approximate surface area is 176 Å². The first-order valence-corrected chi connectivity index (χ1v) is 9.79. The lowest BCUT2D eigenvalue weighted by atomic mass is 9.78. The molecule has 1 atom stereocenters. The summed E-state index contributed by atoms with van der Waals surface area (Å²) in [5.74, 6) is -2.05. The zero-order valence-electron chi connectivity index (χ0n) is 17.6. The molecule has 1 fully saturated rings. The lowest BCUT2D eigenvalue weighted by Crippen LogP contribution is -2.46. The first kappa shape index (κ1) is 22.0. The third-order valence-electron chi connectivity index (χ3n) is 5.71. The summed E-state index contributed by atoms with van der Waals surface area (Å²) in [4.78, 5) is 24.2. The maximum atomic E-state index is 13.8. The summed E-state index contributed by atoms with van der Waals surface area (Å²) in [5, 5.41) is 2.51. The number of carbonyl (C=O) groups excluding carboxylic acids is 2. The number of nitrogens with two attached hydrogens (primary N) is 1. The van der Waals surface area contributed by atoms with Crippen LogP contribution < -0.4 is 16.5 Å². The van der Waals surface area contributed by atoms with E-state index in [0.717, 1.165) is 11.0 Å². The van der Waals surface area contributed by atoms with Crippen molar-refractivity contribution in [2.24, 2.45) is 5.73 Å². The van der Waals surface area contributed by atoms with Gasteiger partial charge in [0.2, 0.25) is 5.91 Å². The molecule has 3 rings (SSSR count).